The molecular weight excluding hydrogens is 460 g/mol. The number of nitrogens with one attached hydrogen (secondary N) is 1. The Hall–Kier alpha value is -4.67. The summed E-state index contributed by atoms with van der Waals surface area (Å²) in [5.74, 6) is 1.39. The summed E-state index contributed by atoms with van der Waals surface area (Å²) in [6, 6.07) is 11.6. The molecule has 0 fully saturated rings. The largest absolute Gasteiger partial charge is 0.437 e. The highest BCUT2D eigenvalue weighted by Gasteiger charge is 2.20. The van der Waals surface area contributed by atoms with Gasteiger partial charge in [-0.15, -0.1) is 0 Å². The van der Waals surface area contributed by atoms with Gasteiger partial charge in [0.05, 0.1) is 5.69 Å². The Morgan fingerprint density at radius 2 is 1.83 bits per heavy atom. The Bertz CT molecular complexity index is 1460. The van der Waals surface area contributed by atoms with Crippen molar-refractivity contribution in [1.82, 2.24) is 24.4 Å². The second-order valence-corrected chi connectivity index (χ2v) is 8.21. The van der Waals surface area contributed by atoms with E-state index in [4.69, 9.17) is 31.3 Å². The maximum Gasteiger partial charge on any atom is 0.327 e. The topological polar surface area (TPSA) is 158 Å². The number of ether oxygens (including phenoxy) is 2. The number of carbonyl (C=O) groups is 1. The van der Waals surface area contributed by atoms with Crippen molar-refractivity contribution in [2.75, 3.05) is 19.8 Å². The van der Waals surface area contributed by atoms with Gasteiger partial charge in [0.25, 0.3) is 11.8 Å². The molecule has 11 heteroatoms. The summed E-state index contributed by atoms with van der Waals surface area (Å²) in [7, 11) is 3.37. The molecule has 4 aromatic rings. The minimum atomic E-state index is -0.151. The van der Waals surface area contributed by atoms with Crippen LogP contribution in [0, 0.1) is 5.41 Å². The number of imidazole rings is 1. The number of nitrogens with two attached hydrogens (primary N) is 2. The maximum atomic E-state index is 12.4. The Balaban J connectivity index is 1.82. The predicted molar refractivity (Wildman–Crippen MR) is 137 cm³/mol. The molecule has 0 radical (unpaired) electrons. The number of hydrogen-bond donors (Lipinski definition) is 3. The van der Waals surface area contributed by atoms with E-state index in [2.05, 4.69) is 9.97 Å². The van der Waals surface area contributed by atoms with E-state index in [1.54, 1.807) is 56.6 Å². The summed E-state index contributed by atoms with van der Waals surface area (Å²) in [4.78, 5) is 27.7. The molecule has 0 aliphatic carbocycles. The number of fused-ring (bicyclic) bond motifs is 1. The second kappa shape index (κ2) is 9.90. The predicted octanol–water partition coefficient (Wildman–Crippen LogP) is 3.56. The molecule has 11 nitrogen and oxygen atoms in total. The van der Waals surface area contributed by atoms with Crippen LogP contribution in [-0.4, -0.2) is 50.3 Å². The number of aryl methyl sites for hydroxylation is 2. The Morgan fingerprint density at radius 1 is 1.06 bits per heavy atom. The average molecular weight is 489 g/mol. The first-order chi connectivity index (χ1) is 17.2. The van der Waals surface area contributed by atoms with Crippen LogP contribution in [-0.2, 0) is 13.0 Å². The number of amides is 1. The summed E-state index contributed by atoms with van der Waals surface area (Å²) in [6.45, 7) is 4.63. The molecule has 1 amide bonds. The Labute approximate surface area is 208 Å². The fourth-order valence-corrected chi connectivity index (χ4v) is 3.67. The van der Waals surface area contributed by atoms with E-state index in [0.717, 1.165) is 5.82 Å². The molecule has 0 saturated carbocycles. The van der Waals surface area contributed by atoms with Crippen molar-refractivity contribution in [2.24, 2.45) is 5.73 Å². The molecule has 0 bridgehead atoms. The number of nitrogen functional groups attached to an aromatic ring is 2. The van der Waals surface area contributed by atoms with Gasteiger partial charge in [0.15, 0.2) is 16.9 Å². The van der Waals surface area contributed by atoms with Gasteiger partial charge in [-0.2, -0.15) is 9.97 Å². The molecule has 4 rings (SSSR count). The molecule has 0 unspecified atom stereocenters. The standard InChI is InChI=1S/C25H28N8O3/c1-5-19-29-20-22(33(19)6-2)30-25(36-18-13-14(21(27)28)10-11-17(18)26)31-23(20)35-16-9-7-8-15(12-16)24(34)32(3)4/h7-13H,5-6,26H2,1-4H3,(H3,27,28). The van der Waals surface area contributed by atoms with Crippen LogP contribution < -0.4 is 20.9 Å². The molecular formula is C25H28N8O3. The SMILES string of the molecule is CCc1nc2c(Oc3cccc(C(=O)N(C)C)c3)nc(Oc3cc(C(=N)N)ccc3N)nc2n1CC. The lowest BCUT2D eigenvalue weighted by molar-refractivity contribution is 0.0827. The van der Waals surface area contributed by atoms with Crippen LogP contribution in [0.5, 0.6) is 23.4 Å². The number of anilines is 1. The minimum absolute atomic E-state index is 0.0114. The molecule has 5 N–H and O–H groups in total. The molecule has 36 heavy (non-hydrogen) atoms. The number of amidine groups is 1. The third kappa shape index (κ3) is 4.76. The van der Waals surface area contributed by atoms with Gasteiger partial charge >= 0.3 is 6.01 Å². The van der Waals surface area contributed by atoms with Crippen LogP contribution in [0.3, 0.4) is 0 Å². The van der Waals surface area contributed by atoms with Crippen molar-refractivity contribution in [3.05, 3.63) is 59.4 Å². The zero-order valence-electron chi connectivity index (χ0n) is 20.6. The third-order valence-corrected chi connectivity index (χ3v) is 5.48. The van der Waals surface area contributed by atoms with Crippen molar-refractivity contribution >= 4 is 28.6 Å². The van der Waals surface area contributed by atoms with Crippen molar-refractivity contribution in [1.29, 1.82) is 5.41 Å². The minimum Gasteiger partial charge on any atom is -0.437 e. The summed E-state index contributed by atoms with van der Waals surface area (Å²) in [6.07, 6.45) is 0.681. The van der Waals surface area contributed by atoms with E-state index in [1.165, 1.54) is 4.90 Å². The van der Waals surface area contributed by atoms with Gasteiger partial charge in [0, 0.05) is 38.2 Å². The molecule has 186 valence electrons. The summed E-state index contributed by atoms with van der Waals surface area (Å²) in [5.41, 5.74) is 14.0. The Morgan fingerprint density at radius 3 is 2.50 bits per heavy atom. The Kier molecular flexibility index (Phi) is 6.73. The fraction of sp³-hybridized carbons (Fsp3) is 0.240. The number of rotatable bonds is 8. The van der Waals surface area contributed by atoms with Gasteiger partial charge in [-0.3, -0.25) is 10.2 Å². The first-order valence-electron chi connectivity index (χ1n) is 11.4. The monoisotopic (exact) mass is 488 g/mol. The number of nitrogens with zero attached hydrogens (tertiary/aromatic N) is 5. The molecule has 0 saturated heterocycles. The summed E-state index contributed by atoms with van der Waals surface area (Å²) in [5, 5.41) is 7.69. The lowest BCUT2D eigenvalue weighted by Crippen LogP contribution is -2.21. The normalized spacial score (nSPS) is 10.9. The van der Waals surface area contributed by atoms with Crippen LogP contribution in [0.1, 0.15) is 35.6 Å². The van der Waals surface area contributed by atoms with Crippen molar-refractivity contribution < 1.29 is 14.3 Å². The number of benzene rings is 2. The zero-order chi connectivity index (χ0) is 26.0. The first-order valence-corrected chi connectivity index (χ1v) is 11.4. The van der Waals surface area contributed by atoms with Crippen LogP contribution in [0.25, 0.3) is 11.2 Å². The van der Waals surface area contributed by atoms with E-state index in [1.807, 2.05) is 18.4 Å². The molecule has 0 spiro atoms. The molecule has 0 aliphatic heterocycles. The highest BCUT2D eigenvalue weighted by atomic mass is 16.5. The van der Waals surface area contributed by atoms with Gasteiger partial charge in [-0.05, 0) is 43.3 Å². The molecule has 2 heterocycles. The first kappa shape index (κ1) is 24.5. The summed E-state index contributed by atoms with van der Waals surface area (Å²) < 4.78 is 14.0. The van der Waals surface area contributed by atoms with E-state index in [9.17, 15) is 4.79 Å². The van der Waals surface area contributed by atoms with Gasteiger partial charge in [-0.25, -0.2) is 4.98 Å². The zero-order valence-corrected chi connectivity index (χ0v) is 20.6. The van der Waals surface area contributed by atoms with E-state index in [0.29, 0.717) is 46.7 Å². The lowest BCUT2D eigenvalue weighted by Gasteiger charge is -2.13. The smallest absolute Gasteiger partial charge is 0.327 e. The number of hydrogen-bond acceptors (Lipinski definition) is 8. The number of carbonyl (C=O) groups excluding carboxylic acids is 1. The molecule has 0 atom stereocenters. The van der Waals surface area contributed by atoms with Crippen molar-refractivity contribution in [3.63, 3.8) is 0 Å². The second-order valence-electron chi connectivity index (χ2n) is 8.21. The van der Waals surface area contributed by atoms with Gasteiger partial charge in [-0.1, -0.05) is 13.0 Å². The maximum absolute atomic E-state index is 12.4. The van der Waals surface area contributed by atoms with Crippen molar-refractivity contribution in [3.8, 4) is 23.4 Å². The average Bonchev–Trinajstić information content (AvgIpc) is 3.22. The molecule has 2 aromatic carbocycles. The quantitative estimate of drug-likeness (QED) is 0.193. The van der Waals surface area contributed by atoms with Crippen LogP contribution in [0.4, 0.5) is 5.69 Å². The van der Waals surface area contributed by atoms with Gasteiger partial charge < -0.3 is 30.4 Å². The van der Waals surface area contributed by atoms with E-state index in [-0.39, 0.29) is 29.4 Å². The van der Waals surface area contributed by atoms with Crippen LogP contribution in [0.15, 0.2) is 42.5 Å². The molecule has 0 aliphatic rings. The van der Waals surface area contributed by atoms with Crippen molar-refractivity contribution in [2.45, 2.75) is 26.8 Å². The highest BCUT2D eigenvalue weighted by Crippen LogP contribution is 2.33. The lowest BCUT2D eigenvalue weighted by atomic mass is 10.2. The summed E-state index contributed by atoms with van der Waals surface area (Å²) >= 11 is 0. The fourth-order valence-electron chi connectivity index (χ4n) is 3.67. The van der Waals surface area contributed by atoms with Gasteiger partial charge in [0.2, 0.25) is 0 Å². The van der Waals surface area contributed by atoms with E-state index >= 15 is 0 Å². The van der Waals surface area contributed by atoms with Gasteiger partial charge in [0.1, 0.15) is 17.4 Å². The van der Waals surface area contributed by atoms with Crippen LogP contribution in [0.2, 0.25) is 0 Å². The number of aromatic nitrogens is 4. The molecule has 2 aromatic heterocycles. The van der Waals surface area contributed by atoms with Crippen LogP contribution >= 0.6 is 0 Å². The van der Waals surface area contributed by atoms with E-state index < -0.39 is 0 Å². The third-order valence-electron chi connectivity index (χ3n) is 5.48. The highest BCUT2D eigenvalue weighted by molar-refractivity contribution is 5.96.